The van der Waals surface area contributed by atoms with Crippen LogP contribution in [0.3, 0.4) is 0 Å². The maximum absolute atomic E-state index is 12.1. The molecular weight excluding hydrogens is 286 g/mol. The number of esters is 1. The van der Waals surface area contributed by atoms with E-state index in [-0.39, 0.29) is 5.97 Å². The van der Waals surface area contributed by atoms with Crippen LogP contribution in [0.4, 0.5) is 0 Å². The summed E-state index contributed by atoms with van der Waals surface area (Å²) in [5.74, 6) is 0.229. The molecule has 0 radical (unpaired) electrons. The fourth-order valence-electron chi connectivity index (χ4n) is 3.65. The zero-order chi connectivity index (χ0) is 14.7. The van der Waals surface area contributed by atoms with E-state index in [1.807, 2.05) is 0 Å². The lowest BCUT2D eigenvalue weighted by Gasteiger charge is -2.44. The van der Waals surface area contributed by atoms with Crippen LogP contribution in [0.15, 0.2) is 24.3 Å². The minimum atomic E-state index is -0.259. The lowest BCUT2D eigenvalue weighted by atomic mass is 9.84. The quantitative estimate of drug-likeness (QED) is 0.796. The predicted molar refractivity (Wildman–Crippen MR) is 83.7 cm³/mol. The van der Waals surface area contributed by atoms with Gasteiger partial charge in [0, 0.05) is 17.0 Å². The van der Waals surface area contributed by atoms with E-state index in [4.69, 9.17) is 16.3 Å². The summed E-state index contributed by atoms with van der Waals surface area (Å²) in [5.41, 5.74) is 0.541. The number of benzene rings is 1. The number of carbonyl (C=O) groups is 1. The van der Waals surface area contributed by atoms with Crippen molar-refractivity contribution in [1.29, 1.82) is 0 Å². The van der Waals surface area contributed by atoms with Gasteiger partial charge < -0.3 is 4.74 Å². The van der Waals surface area contributed by atoms with Crippen molar-refractivity contribution >= 4 is 17.6 Å². The van der Waals surface area contributed by atoms with Crippen LogP contribution in [0.5, 0.6) is 0 Å². The normalized spacial score (nSPS) is 26.1. The molecule has 0 aromatic heterocycles. The molecule has 0 spiro atoms. The third-order valence-electron chi connectivity index (χ3n) is 4.72. The fraction of sp³-hybridized carbons (Fsp3) is 0.588. The number of halogens is 1. The molecule has 4 heteroatoms. The minimum Gasteiger partial charge on any atom is -0.462 e. The maximum Gasteiger partial charge on any atom is 0.338 e. The third-order valence-corrected chi connectivity index (χ3v) is 4.95. The van der Waals surface area contributed by atoms with Crippen LogP contribution in [0, 0.1) is 5.92 Å². The Hall–Kier alpha value is -1.06. The first-order chi connectivity index (χ1) is 10.2. The summed E-state index contributed by atoms with van der Waals surface area (Å²) >= 11 is 5.91. The molecule has 114 valence electrons. The third kappa shape index (κ3) is 3.58. The number of hydrogen-bond donors (Lipinski definition) is 0. The summed E-state index contributed by atoms with van der Waals surface area (Å²) in [5, 5.41) is 0.570. The smallest absolute Gasteiger partial charge is 0.338 e. The van der Waals surface area contributed by atoms with Crippen molar-refractivity contribution in [3.63, 3.8) is 0 Å². The highest BCUT2D eigenvalue weighted by Gasteiger charge is 2.33. The molecule has 2 fully saturated rings. The summed E-state index contributed by atoms with van der Waals surface area (Å²) in [7, 11) is 0. The van der Waals surface area contributed by atoms with E-state index in [0.717, 1.165) is 0 Å². The molecule has 0 amide bonds. The van der Waals surface area contributed by atoms with Crippen LogP contribution >= 0.6 is 11.6 Å². The number of piperidine rings is 2. The molecule has 0 unspecified atom stereocenters. The molecule has 2 aliphatic rings. The van der Waals surface area contributed by atoms with Crippen LogP contribution < -0.4 is 0 Å². The minimum absolute atomic E-state index is 0.259. The van der Waals surface area contributed by atoms with Crippen LogP contribution in [0.1, 0.15) is 42.5 Å². The van der Waals surface area contributed by atoms with Gasteiger partial charge in [-0.2, -0.15) is 0 Å². The first-order valence-corrected chi connectivity index (χ1v) is 8.28. The van der Waals surface area contributed by atoms with Crippen molar-refractivity contribution < 1.29 is 9.53 Å². The molecule has 2 heterocycles. The molecule has 0 saturated carbocycles. The molecular formula is C17H22ClNO2. The average Bonchev–Trinajstić information content (AvgIpc) is 2.52. The molecule has 3 nitrogen and oxygen atoms in total. The van der Waals surface area contributed by atoms with Crippen LogP contribution in [0.25, 0.3) is 0 Å². The summed E-state index contributed by atoms with van der Waals surface area (Å²) < 4.78 is 5.55. The molecule has 1 aromatic rings. The first kappa shape index (κ1) is 14.9. The van der Waals surface area contributed by atoms with Crippen LogP contribution in [0.2, 0.25) is 5.02 Å². The van der Waals surface area contributed by atoms with E-state index < -0.39 is 0 Å². The molecule has 2 atom stereocenters. The number of hydrogen-bond acceptors (Lipinski definition) is 3. The zero-order valence-corrected chi connectivity index (χ0v) is 13.0. The molecule has 1 aromatic carbocycles. The number of ether oxygens (including phenoxy) is 1. The summed E-state index contributed by atoms with van der Waals surface area (Å²) in [6.45, 7) is 2.96. The fourth-order valence-corrected chi connectivity index (χ4v) is 3.84. The monoisotopic (exact) mass is 307 g/mol. The van der Waals surface area contributed by atoms with Crippen molar-refractivity contribution in [3.8, 4) is 0 Å². The van der Waals surface area contributed by atoms with Crippen molar-refractivity contribution in [2.45, 2.75) is 38.1 Å². The standard InChI is InChI=1S/C17H22ClNO2/c18-15-7-3-5-13(11-15)17(20)21-12-14-6-4-10-19-9-2-1-8-16(14)19/h3,5,7,11,14,16H,1-2,4,6,8-10,12H2/t14-,16+/m0/s1. The van der Waals surface area contributed by atoms with Crippen molar-refractivity contribution in [2.24, 2.45) is 5.92 Å². The SMILES string of the molecule is O=C(OC[C@@H]1CCCN2CCCC[C@H]12)c1cccc(Cl)c1. The molecule has 2 saturated heterocycles. The average molecular weight is 308 g/mol. The van der Waals surface area contributed by atoms with Gasteiger partial charge in [-0.1, -0.05) is 24.1 Å². The Kier molecular flexibility index (Phi) is 4.81. The van der Waals surface area contributed by atoms with Gasteiger partial charge in [-0.25, -0.2) is 4.79 Å². The highest BCUT2D eigenvalue weighted by Crippen LogP contribution is 2.31. The lowest BCUT2D eigenvalue weighted by Crippen LogP contribution is -2.49. The lowest BCUT2D eigenvalue weighted by molar-refractivity contribution is 0.00739. The second-order valence-corrected chi connectivity index (χ2v) is 6.55. The van der Waals surface area contributed by atoms with E-state index in [1.165, 1.54) is 45.2 Å². The Morgan fingerprint density at radius 3 is 2.95 bits per heavy atom. The van der Waals surface area contributed by atoms with E-state index in [9.17, 15) is 4.79 Å². The Labute approximate surface area is 131 Å². The van der Waals surface area contributed by atoms with Gasteiger partial charge in [-0.3, -0.25) is 4.90 Å². The Bertz CT molecular complexity index is 503. The number of fused-ring (bicyclic) bond motifs is 1. The second kappa shape index (κ2) is 6.80. The van der Waals surface area contributed by atoms with Crippen LogP contribution in [-0.4, -0.2) is 36.6 Å². The van der Waals surface area contributed by atoms with E-state index in [0.29, 0.717) is 29.2 Å². The largest absolute Gasteiger partial charge is 0.462 e. The van der Waals surface area contributed by atoms with Crippen molar-refractivity contribution in [3.05, 3.63) is 34.9 Å². The van der Waals surface area contributed by atoms with Gasteiger partial charge in [0.2, 0.25) is 0 Å². The Morgan fingerprint density at radius 2 is 2.10 bits per heavy atom. The highest BCUT2D eigenvalue weighted by molar-refractivity contribution is 6.30. The summed E-state index contributed by atoms with van der Waals surface area (Å²) in [6.07, 6.45) is 6.25. The van der Waals surface area contributed by atoms with Gasteiger partial charge in [-0.05, 0) is 57.0 Å². The van der Waals surface area contributed by atoms with Gasteiger partial charge in [0.25, 0.3) is 0 Å². The van der Waals surface area contributed by atoms with E-state index in [1.54, 1.807) is 24.3 Å². The van der Waals surface area contributed by atoms with Gasteiger partial charge in [0.1, 0.15) is 0 Å². The highest BCUT2D eigenvalue weighted by atomic mass is 35.5. The first-order valence-electron chi connectivity index (χ1n) is 7.91. The zero-order valence-electron chi connectivity index (χ0n) is 12.3. The molecule has 2 aliphatic heterocycles. The topological polar surface area (TPSA) is 29.5 Å². The molecule has 0 aliphatic carbocycles. The molecule has 3 rings (SSSR count). The number of nitrogens with zero attached hydrogens (tertiary/aromatic N) is 1. The molecule has 0 N–H and O–H groups in total. The maximum atomic E-state index is 12.1. The van der Waals surface area contributed by atoms with Crippen molar-refractivity contribution in [2.75, 3.05) is 19.7 Å². The van der Waals surface area contributed by atoms with Gasteiger partial charge in [0.05, 0.1) is 12.2 Å². The Morgan fingerprint density at radius 1 is 1.24 bits per heavy atom. The van der Waals surface area contributed by atoms with Crippen molar-refractivity contribution in [1.82, 2.24) is 4.90 Å². The second-order valence-electron chi connectivity index (χ2n) is 6.11. The predicted octanol–water partition coefficient (Wildman–Crippen LogP) is 3.76. The number of carbonyl (C=O) groups excluding carboxylic acids is 1. The van der Waals surface area contributed by atoms with Gasteiger partial charge in [-0.15, -0.1) is 0 Å². The molecule has 21 heavy (non-hydrogen) atoms. The number of rotatable bonds is 3. The Balaban J connectivity index is 1.57. The van der Waals surface area contributed by atoms with E-state index >= 15 is 0 Å². The van der Waals surface area contributed by atoms with Crippen LogP contribution in [-0.2, 0) is 4.74 Å². The molecule has 0 bridgehead atoms. The summed E-state index contributed by atoms with van der Waals surface area (Å²) in [4.78, 5) is 14.7. The van der Waals surface area contributed by atoms with Gasteiger partial charge >= 0.3 is 5.97 Å². The van der Waals surface area contributed by atoms with Gasteiger partial charge in [0.15, 0.2) is 0 Å². The summed E-state index contributed by atoms with van der Waals surface area (Å²) in [6, 6.07) is 7.57. The van der Waals surface area contributed by atoms with E-state index in [2.05, 4.69) is 4.90 Å².